The summed E-state index contributed by atoms with van der Waals surface area (Å²) in [4.78, 5) is 0. The maximum atomic E-state index is 5.05. The molecule has 1 aromatic rings. The molecule has 0 atom stereocenters. The summed E-state index contributed by atoms with van der Waals surface area (Å²) in [6, 6.07) is 7.93. The summed E-state index contributed by atoms with van der Waals surface area (Å²) in [5.74, 6) is 5.05. The lowest BCUT2D eigenvalue weighted by Crippen LogP contribution is -2.28. The van der Waals surface area contributed by atoms with Crippen LogP contribution in [0, 0.1) is 6.92 Å². The van der Waals surface area contributed by atoms with Gasteiger partial charge in [0.1, 0.15) is 0 Å². The second kappa shape index (κ2) is 3.20. The second-order valence-electron chi connectivity index (χ2n) is 2.14. The Labute approximate surface area is 60.2 Å². The molecule has 4 N–H and O–H groups in total. The van der Waals surface area contributed by atoms with Gasteiger partial charge in [0.15, 0.2) is 0 Å². The number of rotatable bonds is 2. The van der Waals surface area contributed by atoms with E-state index in [-0.39, 0.29) is 0 Å². The highest BCUT2D eigenvalue weighted by atomic mass is 15.5. The van der Waals surface area contributed by atoms with Gasteiger partial charge in [0.05, 0.1) is 5.69 Å². The average Bonchev–Trinajstić information content (AvgIpc) is 1.88. The maximum Gasteiger partial charge on any atom is 0.0503 e. The van der Waals surface area contributed by atoms with E-state index < -0.39 is 0 Å². The molecule has 0 bridgehead atoms. The highest BCUT2D eigenvalue weighted by Crippen LogP contribution is 2.06. The molecule has 3 nitrogen and oxygen atoms in total. The molecule has 54 valence electrons. The Morgan fingerprint density at radius 1 is 1.40 bits per heavy atom. The molecular weight excluding hydrogens is 126 g/mol. The number of hydrazine groups is 2. The number of hydrogen-bond donors (Lipinski definition) is 3. The fraction of sp³-hybridized carbons (Fsp3) is 0.143. The summed E-state index contributed by atoms with van der Waals surface area (Å²) in [6.07, 6.45) is 0. The van der Waals surface area contributed by atoms with E-state index in [2.05, 4.69) is 11.0 Å². The predicted octanol–water partition coefficient (Wildman–Crippen LogP) is 0.785. The highest BCUT2D eigenvalue weighted by molar-refractivity contribution is 5.44. The largest absolute Gasteiger partial charge is 0.308 e. The standard InChI is InChI=1S/C7H11N3/c1-6-3-2-4-7(5-6)9-10-8/h2-5,9-10H,8H2,1H3. The van der Waals surface area contributed by atoms with Gasteiger partial charge in [-0.1, -0.05) is 12.1 Å². The van der Waals surface area contributed by atoms with Crippen molar-refractivity contribution in [2.75, 3.05) is 5.43 Å². The van der Waals surface area contributed by atoms with E-state index >= 15 is 0 Å². The Balaban J connectivity index is 2.75. The molecule has 10 heavy (non-hydrogen) atoms. The summed E-state index contributed by atoms with van der Waals surface area (Å²) in [6.45, 7) is 2.03. The monoisotopic (exact) mass is 137 g/mol. The third kappa shape index (κ3) is 1.72. The molecule has 0 amide bonds. The summed E-state index contributed by atoms with van der Waals surface area (Å²) in [5, 5.41) is 0. The summed E-state index contributed by atoms with van der Waals surface area (Å²) < 4.78 is 0. The van der Waals surface area contributed by atoms with Crippen molar-refractivity contribution in [3.63, 3.8) is 0 Å². The molecule has 0 aliphatic carbocycles. The number of nitrogens with one attached hydrogen (secondary N) is 2. The van der Waals surface area contributed by atoms with E-state index in [9.17, 15) is 0 Å². The lowest BCUT2D eigenvalue weighted by atomic mass is 10.2. The Morgan fingerprint density at radius 2 is 2.20 bits per heavy atom. The van der Waals surface area contributed by atoms with Gasteiger partial charge in [-0.05, 0) is 24.6 Å². The zero-order valence-corrected chi connectivity index (χ0v) is 5.89. The van der Waals surface area contributed by atoms with Crippen LogP contribution in [-0.4, -0.2) is 0 Å². The minimum Gasteiger partial charge on any atom is -0.308 e. The minimum absolute atomic E-state index is 0.975. The van der Waals surface area contributed by atoms with Crippen molar-refractivity contribution in [3.05, 3.63) is 29.8 Å². The summed E-state index contributed by atoms with van der Waals surface area (Å²) in [7, 11) is 0. The zero-order valence-electron chi connectivity index (χ0n) is 5.89. The van der Waals surface area contributed by atoms with Gasteiger partial charge in [0.25, 0.3) is 0 Å². The number of anilines is 1. The average molecular weight is 137 g/mol. The predicted molar refractivity (Wildman–Crippen MR) is 42.1 cm³/mol. The molecule has 0 aromatic heterocycles. The molecule has 0 heterocycles. The smallest absolute Gasteiger partial charge is 0.0503 e. The lowest BCUT2D eigenvalue weighted by Gasteiger charge is -2.02. The Bertz CT molecular complexity index is 210. The van der Waals surface area contributed by atoms with Gasteiger partial charge in [0.2, 0.25) is 0 Å². The lowest BCUT2D eigenvalue weighted by molar-refractivity contribution is 0.876. The van der Waals surface area contributed by atoms with Gasteiger partial charge in [-0.2, -0.15) is 5.53 Å². The molecule has 1 rings (SSSR count). The van der Waals surface area contributed by atoms with Gasteiger partial charge >= 0.3 is 0 Å². The molecular formula is C7H11N3. The summed E-state index contributed by atoms with van der Waals surface area (Å²) >= 11 is 0. The van der Waals surface area contributed by atoms with Crippen LogP contribution in [-0.2, 0) is 0 Å². The van der Waals surface area contributed by atoms with Crippen molar-refractivity contribution in [3.8, 4) is 0 Å². The van der Waals surface area contributed by atoms with Crippen molar-refractivity contribution < 1.29 is 0 Å². The van der Waals surface area contributed by atoms with Gasteiger partial charge in [-0.25, -0.2) is 0 Å². The van der Waals surface area contributed by atoms with E-state index in [4.69, 9.17) is 5.84 Å². The molecule has 0 saturated heterocycles. The van der Waals surface area contributed by atoms with Crippen LogP contribution < -0.4 is 16.8 Å². The van der Waals surface area contributed by atoms with E-state index in [0.29, 0.717) is 0 Å². The van der Waals surface area contributed by atoms with E-state index in [1.165, 1.54) is 5.56 Å². The third-order valence-electron chi connectivity index (χ3n) is 1.23. The first-order valence-electron chi connectivity index (χ1n) is 3.11. The van der Waals surface area contributed by atoms with Gasteiger partial charge < -0.3 is 5.43 Å². The van der Waals surface area contributed by atoms with Crippen LogP contribution in [0.1, 0.15) is 5.56 Å². The molecule has 1 aromatic carbocycles. The Kier molecular flexibility index (Phi) is 2.25. The molecule has 0 aliphatic heterocycles. The highest BCUT2D eigenvalue weighted by Gasteiger charge is 1.87. The minimum atomic E-state index is 0.975. The molecule has 3 heteroatoms. The zero-order chi connectivity index (χ0) is 7.40. The van der Waals surface area contributed by atoms with Crippen LogP contribution in [0.2, 0.25) is 0 Å². The van der Waals surface area contributed by atoms with Crippen LogP contribution in [0.15, 0.2) is 24.3 Å². The maximum absolute atomic E-state index is 5.05. The Morgan fingerprint density at radius 3 is 2.80 bits per heavy atom. The first kappa shape index (κ1) is 7.05. The number of benzene rings is 1. The third-order valence-corrected chi connectivity index (χ3v) is 1.23. The van der Waals surface area contributed by atoms with Crippen molar-refractivity contribution in [2.24, 2.45) is 5.84 Å². The number of hydrogen-bond acceptors (Lipinski definition) is 3. The summed E-state index contributed by atoms with van der Waals surface area (Å²) in [5.41, 5.74) is 7.32. The van der Waals surface area contributed by atoms with Crippen LogP contribution in [0.5, 0.6) is 0 Å². The fourth-order valence-corrected chi connectivity index (χ4v) is 0.806. The van der Waals surface area contributed by atoms with Crippen molar-refractivity contribution in [1.29, 1.82) is 0 Å². The van der Waals surface area contributed by atoms with Crippen molar-refractivity contribution in [1.82, 2.24) is 5.53 Å². The molecule has 0 fully saturated rings. The number of nitrogens with two attached hydrogens (primary N) is 1. The van der Waals surface area contributed by atoms with E-state index in [1.807, 2.05) is 31.2 Å². The molecule has 0 radical (unpaired) electrons. The van der Waals surface area contributed by atoms with Gasteiger partial charge in [0, 0.05) is 0 Å². The fourth-order valence-electron chi connectivity index (χ4n) is 0.806. The van der Waals surface area contributed by atoms with Crippen LogP contribution >= 0.6 is 0 Å². The second-order valence-corrected chi connectivity index (χ2v) is 2.14. The van der Waals surface area contributed by atoms with Gasteiger partial charge in [-0.3, -0.25) is 5.84 Å². The number of aryl methyl sites for hydroxylation is 1. The quantitative estimate of drug-likeness (QED) is 0.417. The van der Waals surface area contributed by atoms with Crippen molar-refractivity contribution in [2.45, 2.75) is 6.92 Å². The normalized spacial score (nSPS) is 9.40. The van der Waals surface area contributed by atoms with E-state index in [1.54, 1.807) is 0 Å². The van der Waals surface area contributed by atoms with Crippen LogP contribution in [0.25, 0.3) is 0 Å². The van der Waals surface area contributed by atoms with Crippen molar-refractivity contribution >= 4 is 5.69 Å². The van der Waals surface area contributed by atoms with Crippen LogP contribution in [0.3, 0.4) is 0 Å². The molecule has 0 aliphatic rings. The topological polar surface area (TPSA) is 50.1 Å². The Hall–Kier alpha value is -1.06. The van der Waals surface area contributed by atoms with E-state index in [0.717, 1.165) is 5.69 Å². The molecule has 0 spiro atoms. The first-order chi connectivity index (χ1) is 4.83. The molecule has 0 saturated carbocycles. The molecule has 0 unspecified atom stereocenters. The first-order valence-corrected chi connectivity index (χ1v) is 3.11. The SMILES string of the molecule is Cc1cccc(NNN)c1. The van der Waals surface area contributed by atoms with Gasteiger partial charge in [-0.15, -0.1) is 0 Å². The van der Waals surface area contributed by atoms with Crippen LogP contribution in [0.4, 0.5) is 5.69 Å².